The number of nitrogen functional groups attached to an aromatic ring is 1. The first kappa shape index (κ1) is 12.7. The summed E-state index contributed by atoms with van der Waals surface area (Å²) in [6.45, 7) is 3.97. The van der Waals surface area contributed by atoms with Gasteiger partial charge < -0.3 is 15.0 Å². The molecule has 0 bridgehead atoms. The van der Waals surface area contributed by atoms with Crippen LogP contribution in [0.1, 0.15) is 48.5 Å². The minimum Gasteiger partial charge on any atom is -0.461 e. The summed E-state index contributed by atoms with van der Waals surface area (Å²) < 4.78 is 6.91. The number of aryl methyl sites for hydroxylation is 1. The Morgan fingerprint density at radius 3 is 3.00 bits per heavy atom. The number of aromatic nitrogens is 2. The van der Waals surface area contributed by atoms with Gasteiger partial charge in [-0.3, -0.25) is 0 Å². The molecule has 0 radical (unpaired) electrons. The summed E-state index contributed by atoms with van der Waals surface area (Å²) in [6.07, 6.45) is 7.32. The third-order valence-electron chi connectivity index (χ3n) is 3.20. The van der Waals surface area contributed by atoms with E-state index < -0.39 is 5.97 Å². The van der Waals surface area contributed by atoms with Crippen LogP contribution in [0.3, 0.4) is 0 Å². The summed E-state index contributed by atoms with van der Waals surface area (Å²) in [5, 5.41) is 0. The van der Waals surface area contributed by atoms with Gasteiger partial charge in [-0.15, -0.1) is 0 Å². The molecule has 1 aromatic rings. The SMILES string of the molecule is CCOC(=O)c1nc(C)n(C2CC=CCC2)c1N. The lowest BCUT2D eigenvalue weighted by Gasteiger charge is -2.22. The highest BCUT2D eigenvalue weighted by molar-refractivity contribution is 5.92. The van der Waals surface area contributed by atoms with E-state index in [9.17, 15) is 4.79 Å². The quantitative estimate of drug-likeness (QED) is 0.658. The van der Waals surface area contributed by atoms with Crippen molar-refractivity contribution in [2.45, 2.75) is 39.2 Å². The van der Waals surface area contributed by atoms with Gasteiger partial charge in [-0.2, -0.15) is 0 Å². The molecule has 1 aromatic heterocycles. The van der Waals surface area contributed by atoms with E-state index in [2.05, 4.69) is 17.1 Å². The Kier molecular flexibility index (Phi) is 3.69. The molecule has 1 atom stereocenters. The average Bonchev–Trinajstić information content (AvgIpc) is 2.66. The summed E-state index contributed by atoms with van der Waals surface area (Å²) in [5.74, 6) is 0.755. The molecule has 1 heterocycles. The third-order valence-corrected chi connectivity index (χ3v) is 3.20. The van der Waals surface area contributed by atoms with Crippen LogP contribution >= 0.6 is 0 Å². The van der Waals surface area contributed by atoms with E-state index in [-0.39, 0.29) is 5.69 Å². The second-order valence-corrected chi connectivity index (χ2v) is 4.42. The Morgan fingerprint density at radius 2 is 2.39 bits per heavy atom. The minimum atomic E-state index is -0.441. The highest BCUT2D eigenvalue weighted by Crippen LogP contribution is 2.29. The average molecular weight is 249 g/mol. The molecule has 1 unspecified atom stereocenters. The topological polar surface area (TPSA) is 70.1 Å². The van der Waals surface area contributed by atoms with E-state index >= 15 is 0 Å². The first-order valence-electron chi connectivity index (χ1n) is 6.31. The molecule has 5 nitrogen and oxygen atoms in total. The van der Waals surface area contributed by atoms with Gasteiger partial charge in [0, 0.05) is 6.04 Å². The number of esters is 1. The summed E-state index contributed by atoms with van der Waals surface area (Å²) in [4.78, 5) is 16.0. The van der Waals surface area contributed by atoms with E-state index in [1.165, 1.54) is 0 Å². The van der Waals surface area contributed by atoms with Gasteiger partial charge in [-0.1, -0.05) is 12.2 Å². The summed E-state index contributed by atoms with van der Waals surface area (Å²) in [5.41, 5.74) is 6.28. The zero-order chi connectivity index (χ0) is 13.1. The molecule has 0 aromatic carbocycles. The molecular weight excluding hydrogens is 230 g/mol. The number of hydrogen-bond donors (Lipinski definition) is 1. The molecule has 5 heteroatoms. The molecular formula is C13H19N3O2. The van der Waals surface area contributed by atoms with Crippen LogP contribution in [-0.4, -0.2) is 22.1 Å². The van der Waals surface area contributed by atoms with Crippen LogP contribution in [0.25, 0.3) is 0 Å². The Balaban J connectivity index is 2.31. The summed E-state index contributed by atoms with van der Waals surface area (Å²) in [7, 11) is 0. The van der Waals surface area contributed by atoms with Crippen molar-refractivity contribution >= 4 is 11.8 Å². The van der Waals surface area contributed by atoms with Crippen molar-refractivity contribution in [1.82, 2.24) is 9.55 Å². The number of hydrogen-bond acceptors (Lipinski definition) is 4. The Labute approximate surface area is 107 Å². The van der Waals surface area contributed by atoms with Gasteiger partial charge in [0.1, 0.15) is 11.6 Å². The number of carbonyl (C=O) groups is 1. The molecule has 0 saturated heterocycles. The fourth-order valence-corrected chi connectivity index (χ4v) is 2.38. The maximum Gasteiger partial charge on any atom is 0.360 e. The lowest BCUT2D eigenvalue weighted by Crippen LogP contribution is -2.15. The normalized spacial score (nSPS) is 18.9. The van der Waals surface area contributed by atoms with E-state index in [4.69, 9.17) is 10.5 Å². The lowest BCUT2D eigenvalue weighted by atomic mass is 10.0. The standard InChI is InChI=1S/C13H19N3O2/c1-3-18-13(17)11-12(14)16(9(2)15-11)10-7-5-4-6-8-10/h4-5,10H,3,6-8,14H2,1-2H3. The number of ether oxygens (including phenoxy) is 1. The maximum absolute atomic E-state index is 11.7. The summed E-state index contributed by atoms with van der Waals surface area (Å²) >= 11 is 0. The number of rotatable bonds is 3. The summed E-state index contributed by atoms with van der Waals surface area (Å²) in [6, 6.07) is 0.297. The number of carbonyl (C=O) groups excluding carboxylic acids is 1. The van der Waals surface area contributed by atoms with Crippen LogP contribution in [0, 0.1) is 6.92 Å². The van der Waals surface area contributed by atoms with Crippen LogP contribution in [0.15, 0.2) is 12.2 Å². The first-order chi connectivity index (χ1) is 8.65. The minimum absolute atomic E-state index is 0.240. The second-order valence-electron chi connectivity index (χ2n) is 4.42. The lowest BCUT2D eigenvalue weighted by molar-refractivity contribution is 0.0521. The van der Waals surface area contributed by atoms with Crippen LogP contribution in [0.2, 0.25) is 0 Å². The van der Waals surface area contributed by atoms with E-state index in [1.54, 1.807) is 6.92 Å². The van der Waals surface area contributed by atoms with Crippen LogP contribution < -0.4 is 5.73 Å². The van der Waals surface area contributed by atoms with Crippen LogP contribution in [0.5, 0.6) is 0 Å². The van der Waals surface area contributed by atoms with E-state index in [1.807, 2.05) is 11.5 Å². The van der Waals surface area contributed by atoms with Gasteiger partial charge in [0.2, 0.25) is 0 Å². The number of allylic oxidation sites excluding steroid dienone is 2. The number of nitrogens with zero attached hydrogens (tertiary/aromatic N) is 2. The fourth-order valence-electron chi connectivity index (χ4n) is 2.38. The van der Waals surface area contributed by atoms with Gasteiger partial charge in [0.25, 0.3) is 0 Å². The van der Waals surface area contributed by atoms with Gasteiger partial charge >= 0.3 is 5.97 Å². The molecule has 0 spiro atoms. The molecule has 2 N–H and O–H groups in total. The van der Waals surface area contributed by atoms with Crippen molar-refractivity contribution in [3.05, 3.63) is 23.7 Å². The zero-order valence-electron chi connectivity index (χ0n) is 10.8. The number of imidazole rings is 1. The molecule has 0 aliphatic heterocycles. The monoisotopic (exact) mass is 249 g/mol. The Hall–Kier alpha value is -1.78. The Bertz CT molecular complexity index is 477. The van der Waals surface area contributed by atoms with Crippen LogP contribution in [0.4, 0.5) is 5.82 Å². The smallest absolute Gasteiger partial charge is 0.360 e. The highest BCUT2D eigenvalue weighted by Gasteiger charge is 2.24. The van der Waals surface area contributed by atoms with Gasteiger partial charge in [-0.25, -0.2) is 9.78 Å². The molecule has 1 aliphatic carbocycles. The predicted molar refractivity (Wildman–Crippen MR) is 69.4 cm³/mol. The number of nitrogens with two attached hydrogens (primary N) is 1. The number of anilines is 1. The van der Waals surface area contributed by atoms with Crippen LogP contribution in [-0.2, 0) is 4.74 Å². The molecule has 0 amide bonds. The van der Waals surface area contributed by atoms with E-state index in [0.717, 1.165) is 25.1 Å². The molecule has 1 aliphatic rings. The van der Waals surface area contributed by atoms with Crippen molar-refractivity contribution < 1.29 is 9.53 Å². The van der Waals surface area contributed by atoms with Crippen molar-refractivity contribution in [1.29, 1.82) is 0 Å². The van der Waals surface area contributed by atoms with Gasteiger partial charge in [0.15, 0.2) is 5.69 Å². The fraction of sp³-hybridized carbons (Fsp3) is 0.538. The zero-order valence-corrected chi connectivity index (χ0v) is 10.8. The van der Waals surface area contributed by atoms with Gasteiger partial charge in [0.05, 0.1) is 6.61 Å². The van der Waals surface area contributed by atoms with Crippen molar-refractivity contribution in [3.8, 4) is 0 Å². The second kappa shape index (κ2) is 5.25. The Morgan fingerprint density at radius 1 is 1.61 bits per heavy atom. The molecule has 0 fully saturated rings. The van der Waals surface area contributed by atoms with Gasteiger partial charge in [-0.05, 0) is 33.1 Å². The first-order valence-corrected chi connectivity index (χ1v) is 6.31. The molecule has 0 saturated carbocycles. The third kappa shape index (κ3) is 2.25. The van der Waals surface area contributed by atoms with Crippen molar-refractivity contribution in [2.75, 3.05) is 12.3 Å². The van der Waals surface area contributed by atoms with Crippen molar-refractivity contribution in [2.24, 2.45) is 0 Å². The molecule has 98 valence electrons. The highest BCUT2D eigenvalue weighted by atomic mass is 16.5. The predicted octanol–water partition coefficient (Wildman–Crippen LogP) is 2.23. The molecule has 18 heavy (non-hydrogen) atoms. The largest absolute Gasteiger partial charge is 0.461 e. The molecule has 2 rings (SSSR count). The van der Waals surface area contributed by atoms with Crippen molar-refractivity contribution in [3.63, 3.8) is 0 Å². The maximum atomic E-state index is 11.7. The van der Waals surface area contributed by atoms with E-state index in [0.29, 0.717) is 18.5 Å².